The van der Waals surface area contributed by atoms with Gasteiger partial charge in [-0.2, -0.15) is 0 Å². The molecule has 1 aliphatic heterocycles. The van der Waals surface area contributed by atoms with E-state index in [1.807, 2.05) is 0 Å². The highest BCUT2D eigenvalue weighted by Gasteiger charge is 2.36. The van der Waals surface area contributed by atoms with Crippen LogP contribution in [0.4, 0.5) is 0 Å². The molecule has 1 saturated heterocycles. The normalized spacial score (nSPS) is 31.0. The van der Waals surface area contributed by atoms with Gasteiger partial charge < -0.3 is 9.84 Å². The van der Waals surface area contributed by atoms with Gasteiger partial charge in [-0.3, -0.25) is 9.69 Å². The number of aliphatic hydroxyl groups excluding tert-OH is 1. The Bertz CT molecular complexity index is 321. The number of rotatable bonds is 6. The summed E-state index contributed by atoms with van der Waals surface area (Å²) in [5.41, 5.74) is 0. The molecule has 0 aromatic carbocycles. The Morgan fingerprint density at radius 1 is 1.19 bits per heavy atom. The first-order chi connectivity index (χ1) is 10.2. The second-order valence-corrected chi connectivity index (χ2v) is 6.62. The van der Waals surface area contributed by atoms with E-state index in [4.69, 9.17) is 4.74 Å². The van der Waals surface area contributed by atoms with Crippen LogP contribution in [0, 0.1) is 5.92 Å². The molecule has 4 heteroatoms. The zero-order valence-corrected chi connectivity index (χ0v) is 13.4. The summed E-state index contributed by atoms with van der Waals surface area (Å²) in [4.78, 5) is 14.2. The molecule has 3 atom stereocenters. The highest BCUT2D eigenvalue weighted by molar-refractivity contribution is 5.71. The van der Waals surface area contributed by atoms with E-state index in [0.29, 0.717) is 25.1 Å². The van der Waals surface area contributed by atoms with Crippen LogP contribution in [-0.2, 0) is 9.53 Å². The average Bonchev–Trinajstić information content (AvgIpc) is 2.49. The maximum Gasteiger partial charge on any atom is 0.320 e. The van der Waals surface area contributed by atoms with Gasteiger partial charge in [-0.1, -0.05) is 32.6 Å². The Kier molecular flexibility index (Phi) is 6.97. The number of aliphatic hydroxyl groups is 1. The number of hydrogen-bond acceptors (Lipinski definition) is 4. The van der Waals surface area contributed by atoms with E-state index >= 15 is 0 Å². The fourth-order valence-corrected chi connectivity index (χ4v) is 3.83. The molecule has 2 fully saturated rings. The third-order valence-electron chi connectivity index (χ3n) is 5.03. The second kappa shape index (κ2) is 8.74. The summed E-state index contributed by atoms with van der Waals surface area (Å²) in [5.74, 6) is 0.253. The predicted molar refractivity (Wildman–Crippen MR) is 83.0 cm³/mol. The molecule has 1 N–H and O–H groups in total. The lowest BCUT2D eigenvalue weighted by Crippen LogP contribution is -2.50. The summed E-state index contributed by atoms with van der Waals surface area (Å²) >= 11 is 0. The zero-order valence-electron chi connectivity index (χ0n) is 13.4. The fourth-order valence-electron chi connectivity index (χ4n) is 3.83. The average molecular weight is 297 g/mol. The van der Waals surface area contributed by atoms with Crippen molar-refractivity contribution in [2.75, 3.05) is 19.7 Å². The van der Waals surface area contributed by atoms with Crippen molar-refractivity contribution in [2.45, 2.75) is 76.9 Å². The Labute approximate surface area is 128 Å². The summed E-state index contributed by atoms with van der Waals surface area (Å²) in [6, 6.07) is 0.368. The number of ether oxygens (including phenoxy) is 1. The van der Waals surface area contributed by atoms with Crippen LogP contribution in [0.1, 0.15) is 64.7 Å². The van der Waals surface area contributed by atoms with Crippen molar-refractivity contribution in [2.24, 2.45) is 5.92 Å². The van der Waals surface area contributed by atoms with E-state index in [1.54, 1.807) is 0 Å². The smallest absolute Gasteiger partial charge is 0.320 e. The van der Waals surface area contributed by atoms with Crippen LogP contribution < -0.4 is 0 Å². The van der Waals surface area contributed by atoms with E-state index in [1.165, 1.54) is 12.8 Å². The van der Waals surface area contributed by atoms with Gasteiger partial charge in [0.15, 0.2) is 0 Å². The van der Waals surface area contributed by atoms with Crippen molar-refractivity contribution in [1.29, 1.82) is 0 Å². The van der Waals surface area contributed by atoms with Gasteiger partial charge >= 0.3 is 5.97 Å². The number of carbonyl (C=O) groups is 1. The van der Waals surface area contributed by atoms with E-state index < -0.39 is 0 Å². The summed E-state index contributed by atoms with van der Waals surface area (Å²) in [6.07, 6.45) is 9.69. The summed E-state index contributed by atoms with van der Waals surface area (Å²) in [5, 5.41) is 10.3. The lowest BCUT2D eigenvalue weighted by atomic mass is 9.78. The topological polar surface area (TPSA) is 49.8 Å². The van der Waals surface area contributed by atoms with Gasteiger partial charge in [-0.25, -0.2) is 0 Å². The van der Waals surface area contributed by atoms with Crippen molar-refractivity contribution < 1.29 is 14.6 Å². The molecule has 4 nitrogen and oxygen atoms in total. The van der Waals surface area contributed by atoms with Crippen molar-refractivity contribution >= 4 is 5.97 Å². The molecule has 122 valence electrons. The van der Waals surface area contributed by atoms with E-state index in [-0.39, 0.29) is 12.1 Å². The lowest BCUT2D eigenvalue weighted by molar-refractivity contribution is -0.147. The quantitative estimate of drug-likeness (QED) is 0.605. The van der Waals surface area contributed by atoms with Crippen molar-refractivity contribution in [3.8, 4) is 0 Å². The monoisotopic (exact) mass is 297 g/mol. The number of unbranched alkanes of at least 4 members (excludes halogenated alkanes) is 1. The van der Waals surface area contributed by atoms with Crippen LogP contribution in [0.5, 0.6) is 0 Å². The number of carbonyl (C=O) groups excluding carboxylic acids is 1. The molecule has 0 bridgehead atoms. The van der Waals surface area contributed by atoms with Crippen molar-refractivity contribution in [3.63, 3.8) is 0 Å². The number of nitrogens with zero attached hydrogens (tertiary/aromatic N) is 1. The Hall–Kier alpha value is -0.610. The maximum absolute atomic E-state index is 12.0. The minimum absolute atomic E-state index is 0.0966. The molecule has 0 spiro atoms. The molecule has 0 aromatic rings. The van der Waals surface area contributed by atoms with Gasteiger partial charge in [0.2, 0.25) is 0 Å². The van der Waals surface area contributed by atoms with E-state index in [0.717, 1.165) is 51.5 Å². The molecular weight excluding hydrogens is 266 g/mol. The van der Waals surface area contributed by atoms with Crippen molar-refractivity contribution in [1.82, 2.24) is 4.90 Å². The Balaban J connectivity index is 1.87. The first-order valence-electron chi connectivity index (χ1n) is 8.80. The van der Waals surface area contributed by atoms with E-state index in [2.05, 4.69) is 11.8 Å². The van der Waals surface area contributed by atoms with Crippen LogP contribution in [0.2, 0.25) is 0 Å². The number of likely N-dealkylation sites (tertiary alicyclic amines) is 1. The van der Waals surface area contributed by atoms with Gasteiger partial charge in [0.05, 0.1) is 19.3 Å². The molecular formula is C17H31NO3. The molecule has 1 saturated carbocycles. The van der Waals surface area contributed by atoms with Crippen LogP contribution in [-0.4, -0.2) is 47.8 Å². The van der Waals surface area contributed by atoms with Crippen LogP contribution in [0.3, 0.4) is 0 Å². The summed E-state index contributed by atoms with van der Waals surface area (Å²) in [6.45, 7) is 4.01. The molecule has 2 rings (SSSR count). The highest BCUT2D eigenvalue weighted by atomic mass is 16.5. The third kappa shape index (κ3) is 4.96. The van der Waals surface area contributed by atoms with Gasteiger partial charge in [-0.15, -0.1) is 0 Å². The Morgan fingerprint density at radius 2 is 1.95 bits per heavy atom. The van der Waals surface area contributed by atoms with E-state index in [9.17, 15) is 9.90 Å². The molecule has 0 aromatic heterocycles. The predicted octanol–water partition coefficient (Wildman–Crippen LogP) is 2.74. The third-order valence-corrected chi connectivity index (χ3v) is 5.03. The molecule has 1 heterocycles. The minimum Gasteiger partial charge on any atom is -0.465 e. The molecule has 0 radical (unpaired) electrons. The number of hydrogen-bond donors (Lipinski definition) is 1. The van der Waals surface area contributed by atoms with Crippen LogP contribution >= 0.6 is 0 Å². The largest absolute Gasteiger partial charge is 0.465 e. The highest BCUT2D eigenvalue weighted by Crippen LogP contribution is 2.33. The molecule has 3 unspecified atom stereocenters. The van der Waals surface area contributed by atoms with Gasteiger partial charge in [0, 0.05) is 12.0 Å². The van der Waals surface area contributed by atoms with Crippen molar-refractivity contribution in [3.05, 3.63) is 0 Å². The van der Waals surface area contributed by atoms with Crippen LogP contribution in [0.15, 0.2) is 0 Å². The van der Waals surface area contributed by atoms with Gasteiger partial charge in [0.25, 0.3) is 0 Å². The lowest BCUT2D eigenvalue weighted by Gasteiger charge is -2.43. The van der Waals surface area contributed by atoms with Gasteiger partial charge in [-0.05, 0) is 38.6 Å². The molecule has 0 amide bonds. The number of esters is 1. The first kappa shape index (κ1) is 16.8. The molecule has 21 heavy (non-hydrogen) atoms. The first-order valence-corrected chi connectivity index (χ1v) is 8.80. The zero-order chi connectivity index (χ0) is 15.1. The fraction of sp³-hybridized carbons (Fsp3) is 0.941. The standard InChI is InChI=1S/C17H31NO3/c1-2-3-12-21-17(20)13-18-11-7-6-9-15(18)14-8-4-5-10-16(14)19/h14-16,19H,2-13H2,1H3. The molecule has 1 aliphatic carbocycles. The summed E-state index contributed by atoms with van der Waals surface area (Å²) in [7, 11) is 0. The summed E-state index contributed by atoms with van der Waals surface area (Å²) < 4.78 is 5.30. The number of piperidine rings is 1. The molecule has 2 aliphatic rings. The minimum atomic E-state index is -0.180. The second-order valence-electron chi connectivity index (χ2n) is 6.62. The SMILES string of the molecule is CCCCOC(=O)CN1CCCCC1C1CCCCC1O. The van der Waals surface area contributed by atoms with Gasteiger partial charge in [0.1, 0.15) is 0 Å². The van der Waals surface area contributed by atoms with Crippen LogP contribution in [0.25, 0.3) is 0 Å². The Morgan fingerprint density at radius 3 is 2.71 bits per heavy atom. The maximum atomic E-state index is 12.0.